The van der Waals surface area contributed by atoms with E-state index in [9.17, 15) is 9.59 Å². The minimum Gasteiger partial charge on any atom is -0.481 e. The third-order valence-electron chi connectivity index (χ3n) is 3.08. The fourth-order valence-corrected chi connectivity index (χ4v) is 2.31. The Hall–Kier alpha value is -1.85. The van der Waals surface area contributed by atoms with E-state index in [1.807, 2.05) is 13.8 Å². The minimum atomic E-state index is -0.831. The molecule has 0 aliphatic heterocycles. The number of rotatable bonds is 7. The SMILES string of the molecule is Cc1nn(C)cc1C(=O)NC[C@H](CC(=O)O)CC(C)C. The van der Waals surface area contributed by atoms with Crippen molar-refractivity contribution in [3.63, 3.8) is 0 Å². The van der Waals surface area contributed by atoms with Gasteiger partial charge in [-0.15, -0.1) is 0 Å². The molecule has 0 saturated carbocycles. The smallest absolute Gasteiger partial charge is 0.303 e. The monoisotopic (exact) mass is 281 g/mol. The van der Waals surface area contributed by atoms with Gasteiger partial charge in [-0.3, -0.25) is 14.3 Å². The topological polar surface area (TPSA) is 84.2 Å². The predicted molar refractivity (Wildman–Crippen MR) is 75.5 cm³/mol. The van der Waals surface area contributed by atoms with Crippen LogP contribution in [0.5, 0.6) is 0 Å². The Balaban J connectivity index is 2.60. The summed E-state index contributed by atoms with van der Waals surface area (Å²) < 4.78 is 1.59. The largest absolute Gasteiger partial charge is 0.481 e. The maximum atomic E-state index is 12.0. The molecule has 0 unspecified atom stereocenters. The Morgan fingerprint density at radius 1 is 1.45 bits per heavy atom. The Bertz CT molecular complexity index is 480. The Labute approximate surface area is 119 Å². The lowest BCUT2D eigenvalue weighted by molar-refractivity contribution is -0.138. The third-order valence-corrected chi connectivity index (χ3v) is 3.08. The van der Waals surface area contributed by atoms with Crippen LogP contribution in [0.15, 0.2) is 6.20 Å². The van der Waals surface area contributed by atoms with Crippen molar-refractivity contribution in [1.29, 1.82) is 0 Å². The van der Waals surface area contributed by atoms with E-state index in [4.69, 9.17) is 5.11 Å². The van der Waals surface area contributed by atoms with Gasteiger partial charge in [0.1, 0.15) is 0 Å². The summed E-state index contributed by atoms with van der Waals surface area (Å²) in [6, 6.07) is 0. The maximum Gasteiger partial charge on any atom is 0.303 e. The molecule has 20 heavy (non-hydrogen) atoms. The van der Waals surface area contributed by atoms with Crippen LogP contribution in [0.4, 0.5) is 0 Å². The minimum absolute atomic E-state index is 0.0478. The first-order valence-corrected chi connectivity index (χ1v) is 6.79. The lowest BCUT2D eigenvalue weighted by atomic mass is 9.94. The Morgan fingerprint density at radius 2 is 2.10 bits per heavy atom. The van der Waals surface area contributed by atoms with Gasteiger partial charge in [0.05, 0.1) is 11.3 Å². The second kappa shape index (κ2) is 7.07. The molecule has 0 saturated heterocycles. The van der Waals surface area contributed by atoms with Gasteiger partial charge in [0.2, 0.25) is 0 Å². The lowest BCUT2D eigenvalue weighted by Crippen LogP contribution is -2.31. The number of nitrogens with zero attached hydrogens (tertiary/aromatic N) is 2. The number of carboxylic acids is 1. The molecule has 0 fully saturated rings. The van der Waals surface area contributed by atoms with Gasteiger partial charge in [0, 0.05) is 26.2 Å². The molecule has 1 atom stereocenters. The van der Waals surface area contributed by atoms with Crippen molar-refractivity contribution >= 4 is 11.9 Å². The van der Waals surface area contributed by atoms with Gasteiger partial charge in [-0.1, -0.05) is 13.8 Å². The zero-order valence-corrected chi connectivity index (χ0v) is 12.5. The zero-order valence-electron chi connectivity index (χ0n) is 12.5. The van der Waals surface area contributed by atoms with Gasteiger partial charge >= 0.3 is 5.97 Å². The van der Waals surface area contributed by atoms with Crippen LogP contribution in [-0.2, 0) is 11.8 Å². The highest BCUT2D eigenvalue weighted by atomic mass is 16.4. The molecular formula is C14H23N3O3. The number of hydrogen-bond donors (Lipinski definition) is 2. The lowest BCUT2D eigenvalue weighted by Gasteiger charge is -2.17. The zero-order chi connectivity index (χ0) is 15.3. The summed E-state index contributed by atoms with van der Waals surface area (Å²) in [7, 11) is 1.76. The molecule has 1 aromatic rings. The normalized spacial score (nSPS) is 12.4. The number of hydrogen-bond acceptors (Lipinski definition) is 3. The quantitative estimate of drug-likeness (QED) is 0.795. The second-order valence-electron chi connectivity index (χ2n) is 5.61. The summed E-state index contributed by atoms with van der Waals surface area (Å²) in [4.78, 5) is 22.9. The maximum absolute atomic E-state index is 12.0. The van der Waals surface area contributed by atoms with Gasteiger partial charge in [-0.25, -0.2) is 0 Å². The van der Waals surface area contributed by atoms with Crippen molar-refractivity contribution < 1.29 is 14.7 Å². The molecule has 112 valence electrons. The Morgan fingerprint density at radius 3 is 2.55 bits per heavy atom. The van der Waals surface area contributed by atoms with Crippen molar-refractivity contribution in [3.8, 4) is 0 Å². The van der Waals surface area contributed by atoms with Gasteiger partial charge in [-0.05, 0) is 25.2 Å². The molecule has 0 radical (unpaired) electrons. The molecule has 0 bridgehead atoms. The third kappa shape index (κ3) is 5.03. The predicted octanol–water partition coefficient (Wildman–Crippen LogP) is 1.60. The molecular weight excluding hydrogens is 258 g/mol. The highest BCUT2D eigenvalue weighted by Crippen LogP contribution is 2.15. The van der Waals surface area contributed by atoms with E-state index in [0.717, 1.165) is 6.42 Å². The van der Waals surface area contributed by atoms with E-state index in [-0.39, 0.29) is 18.2 Å². The molecule has 0 aliphatic rings. The van der Waals surface area contributed by atoms with Crippen LogP contribution in [-0.4, -0.2) is 33.3 Å². The van der Waals surface area contributed by atoms with Crippen LogP contribution in [0.2, 0.25) is 0 Å². The number of carbonyl (C=O) groups is 2. The number of aryl methyl sites for hydroxylation is 2. The van der Waals surface area contributed by atoms with Gasteiger partial charge in [0.25, 0.3) is 5.91 Å². The van der Waals surface area contributed by atoms with E-state index in [2.05, 4.69) is 10.4 Å². The number of aliphatic carboxylic acids is 1. The summed E-state index contributed by atoms with van der Waals surface area (Å²) >= 11 is 0. The van der Waals surface area contributed by atoms with Crippen LogP contribution in [0.3, 0.4) is 0 Å². The first-order chi connectivity index (χ1) is 9.29. The number of nitrogens with one attached hydrogen (secondary N) is 1. The highest BCUT2D eigenvalue weighted by Gasteiger charge is 2.18. The summed E-state index contributed by atoms with van der Waals surface area (Å²) in [5.41, 5.74) is 1.20. The molecule has 2 N–H and O–H groups in total. The first kappa shape index (κ1) is 16.2. The number of carboxylic acid groups (broad SMARTS) is 1. The molecule has 0 aliphatic carbocycles. The summed E-state index contributed by atoms with van der Waals surface area (Å²) in [5, 5.41) is 15.8. The van der Waals surface area contributed by atoms with Crippen molar-refractivity contribution in [3.05, 3.63) is 17.5 Å². The van der Waals surface area contributed by atoms with E-state index < -0.39 is 5.97 Å². The van der Waals surface area contributed by atoms with Crippen molar-refractivity contribution in [2.75, 3.05) is 6.54 Å². The number of amides is 1. The molecule has 1 heterocycles. The molecule has 0 aromatic carbocycles. The first-order valence-electron chi connectivity index (χ1n) is 6.79. The standard InChI is InChI=1S/C14H23N3O3/c1-9(2)5-11(6-13(18)19)7-15-14(20)12-8-17(4)16-10(12)3/h8-9,11H,5-7H2,1-4H3,(H,15,20)(H,18,19)/t11-/m0/s1. The molecule has 1 rings (SSSR count). The Kier molecular flexibility index (Phi) is 5.73. The number of carbonyl (C=O) groups excluding carboxylic acids is 1. The fraction of sp³-hybridized carbons (Fsp3) is 0.643. The summed E-state index contributed by atoms with van der Waals surface area (Å²) in [6.07, 6.45) is 2.52. The van der Waals surface area contributed by atoms with E-state index >= 15 is 0 Å². The van der Waals surface area contributed by atoms with E-state index in [1.165, 1.54) is 0 Å². The van der Waals surface area contributed by atoms with Crippen molar-refractivity contribution in [2.45, 2.75) is 33.6 Å². The van der Waals surface area contributed by atoms with Crippen LogP contribution in [0, 0.1) is 18.8 Å². The van der Waals surface area contributed by atoms with Gasteiger partial charge in [-0.2, -0.15) is 5.10 Å². The van der Waals surface area contributed by atoms with Crippen LogP contribution < -0.4 is 5.32 Å². The fourth-order valence-electron chi connectivity index (χ4n) is 2.31. The molecule has 1 amide bonds. The summed E-state index contributed by atoms with van der Waals surface area (Å²) in [6.45, 7) is 6.24. The molecule has 0 spiro atoms. The molecule has 6 heteroatoms. The average Bonchev–Trinajstić information content (AvgIpc) is 2.63. The van der Waals surface area contributed by atoms with E-state index in [1.54, 1.807) is 24.9 Å². The van der Waals surface area contributed by atoms with Crippen LogP contribution in [0.1, 0.15) is 42.7 Å². The van der Waals surface area contributed by atoms with Crippen molar-refractivity contribution in [1.82, 2.24) is 15.1 Å². The molecule has 1 aromatic heterocycles. The van der Waals surface area contributed by atoms with E-state index in [0.29, 0.717) is 23.7 Å². The number of aromatic nitrogens is 2. The molecule has 6 nitrogen and oxygen atoms in total. The van der Waals surface area contributed by atoms with Gasteiger partial charge in [0.15, 0.2) is 0 Å². The van der Waals surface area contributed by atoms with Crippen LogP contribution >= 0.6 is 0 Å². The highest BCUT2D eigenvalue weighted by molar-refractivity contribution is 5.95. The average molecular weight is 281 g/mol. The van der Waals surface area contributed by atoms with Crippen LogP contribution in [0.25, 0.3) is 0 Å². The van der Waals surface area contributed by atoms with Crippen molar-refractivity contribution in [2.24, 2.45) is 18.9 Å². The second-order valence-corrected chi connectivity index (χ2v) is 5.61. The summed E-state index contributed by atoms with van der Waals surface area (Å²) in [5.74, 6) is -0.679. The van der Waals surface area contributed by atoms with Gasteiger partial charge < -0.3 is 10.4 Å².